The lowest BCUT2D eigenvalue weighted by molar-refractivity contribution is 0.0255. The van der Waals surface area contributed by atoms with Crippen molar-refractivity contribution < 1.29 is 9.84 Å². The molecule has 2 heteroatoms. The Labute approximate surface area is 80.3 Å². The molecule has 0 aromatic carbocycles. The first kappa shape index (κ1) is 9.47. The van der Waals surface area contributed by atoms with Crippen LogP contribution in [0.1, 0.15) is 39.0 Å². The van der Waals surface area contributed by atoms with E-state index in [1.165, 1.54) is 12.8 Å². The molecule has 1 aliphatic carbocycles. The molecule has 3 unspecified atom stereocenters. The van der Waals surface area contributed by atoms with Crippen LogP contribution in [0.4, 0.5) is 0 Å². The third-order valence-corrected chi connectivity index (χ3v) is 3.43. The number of rotatable bonds is 4. The van der Waals surface area contributed by atoms with Gasteiger partial charge in [0, 0.05) is 12.5 Å². The third-order valence-electron chi connectivity index (χ3n) is 3.43. The standard InChI is InChI=1S/C11H20O2/c1-2-11-9(5-6-13-11)10(12)7-8-3-4-8/h8-12H,2-7H2,1H3. The predicted molar refractivity (Wildman–Crippen MR) is 51.5 cm³/mol. The minimum absolute atomic E-state index is 0.0973. The van der Waals surface area contributed by atoms with Gasteiger partial charge in [-0.3, -0.25) is 0 Å². The van der Waals surface area contributed by atoms with Crippen molar-refractivity contribution >= 4 is 0 Å². The molecule has 76 valence electrons. The lowest BCUT2D eigenvalue weighted by atomic mass is 9.90. The van der Waals surface area contributed by atoms with Crippen molar-refractivity contribution in [2.24, 2.45) is 11.8 Å². The smallest absolute Gasteiger partial charge is 0.0626 e. The summed E-state index contributed by atoms with van der Waals surface area (Å²) in [6.07, 6.45) is 6.03. The Morgan fingerprint density at radius 3 is 2.77 bits per heavy atom. The Morgan fingerprint density at radius 2 is 2.15 bits per heavy atom. The summed E-state index contributed by atoms with van der Waals surface area (Å²) in [5.74, 6) is 1.25. The molecule has 1 saturated carbocycles. The van der Waals surface area contributed by atoms with Gasteiger partial charge in [-0.2, -0.15) is 0 Å². The van der Waals surface area contributed by atoms with Crippen LogP contribution in [-0.2, 0) is 4.74 Å². The molecule has 0 bridgehead atoms. The molecule has 0 amide bonds. The third kappa shape index (κ3) is 2.23. The van der Waals surface area contributed by atoms with E-state index in [-0.39, 0.29) is 6.10 Å². The number of aliphatic hydroxyl groups is 1. The number of hydrogen-bond acceptors (Lipinski definition) is 2. The zero-order valence-electron chi connectivity index (χ0n) is 8.41. The summed E-state index contributed by atoms with van der Waals surface area (Å²) >= 11 is 0. The summed E-state index contributed by atoms with van der Waals surface area (Å²) in [7, 11) is 0. The van der Waals surface area contributed by atoms with Gasteiger partial charge in [0.05, 0.1) is 12.2 Å². The fourth-order valence-electron chi connectivity index (χ4n) is 2.40. The van der Waals surface area contributed by atoms with Crippen molar-refractivity contribution in [3.8, 4) is 0 Å². The summed E-state index contributed by atoms with van der Waals surface area (Å²) in [6.45, 7) is 3.00. The molecule has 3 atom stereocenters. The lowest BCUT2D eigenvalue weighted by Crippen LogP contribution is -2.28. The highest BCUT2D eigenvalue weighted by atomic mass is 16.5. The highest BCUT2D eigenvalue weighted by molar-refractivity contribution is 4.85. The van der Waals surface area contributed by atoms with Crippen molar-refractivity contribution in [3.63, 3.8) is 0 Å². The van der Waals surface area contributed by atoms with E-state index in [4.69, 9.17) is 4.74 Å². The summed E-state index contributed by atoms with van der Waals surface area (Å²) in [4.78, 5) is 0. The van der Waals surface area contributed by atoms with E-state index < -0.39 is 0 Å². The van der Waals surface area contributed by atoms with Gasteiger partial charge in [-0.25, -0.2) is 0 Å². The van der Waals surface area contributed by atoms with Crippen LogP contribution >= 0.6 is 0 Å². The molecule has 1 heterocycles. The molecular weight excluding hydrogens is 164 g/mol. The van der Waals surface area contributed by atoms with Crippen LogP contribution in [0, 0.1) is 11.8 Å². The summed E-state index contributed by atoms with van der Waals surface area (Å²) in [5, 5.41) is 9.98. The van der Waals surface area contributed by atoms with Gasteiger partial charge in [-0.1, -0.05) is 19.8 Å². The summed E-state index contributed by atoms with van der Waals surface area (Å²) in [5.41, 5.74) is 0. The molecule has 1 N–H and O–H groups in total. The normalized spacial score (nSPS) is 36.5. The van der Waals surface area contributed by atoms with Gasteiger partial charge in [-0.05, 0) is 25.2 Å². The Morgan fingerprint density at radius 1 is 1.38 bits per heavy atom. The Kier molecular flexibility index (Phi) is 2.89. The molecule has 0 spiro atoms. The molecule has 0 aromatic rings. The number of aliphatic hydroxyl groups excluding tert-OH is 1. The average molecular weight is 184 g/mol. The molecule has 2 rings (SSSR count). The Hall–Kier alpha value is -0.0800. The second-order valence-corrected chi connectivity index (χ2v) is 4.52. The molecular formula is C11H20O2. The molecule has 1 saturated heterocycles. The monoisotopic (exact) mass is 184 g/mol. The zero-order valence-corrected chi connectivity index (χ0v) is 8.41. The first-order chi connectivity index (χ1) is 6.31. The number of hydrogen-bond donors (Lipinski definition) is 1. The maximum absolute atomic E-state index is 9.98. The first-order valence-electron chi connectivity index (χ1n) is 5.61. The van der Waals surface area contributed by atoms with Gasteiger partial charge in [0.15, 0.2) is 0 Å². The van der Waals surface area contributed by atoms with Crippen LogP contribution in [0.25, 0.3) is 0 Å². The van der Waals surface area contributed by atoms with E-state index in [0.717, 1.165) is 31.8 Å². The van der Waals surface area contributed by atoms with Crippen LogP contribution < -0.4 is 0 Å². The van der Waals surface area contributed by atoms with Gasteiger partial charge in [0.1, 0.15) is 0 Å². The van der Waals surface area contributed by atoms with Crippen molar-refractivity contribution in [1.82, 2.24) is 0 Å². The summed E-state index contributed by atoms with van der Waals surface area (Å²) < 4.78 is 5.58. The second-order valence-electron chi connectivity index (χ2n) is 4.52. The van der Waals surface area contributed by atoms with E-state index in [1.807, 2.05) is 0 Å². The molecule has 2 fully saturated rings. The molecule has 2 nitrogen and oxygen atoms in total. The van der Waals surface area contributed by atoms with Crippen molar-refractivity contribution in [2.45, 2.75) is 51.2 Å². The van der Waals surface area contributed by atoms with Gasteiger partial charge in [0.2, 0.25) is 0 Å². The van der Waals surface area contributed by atoms with Crippen molar-refractivity contribution in [2.75, 3.05) is 6.61 Å². The predicted octanol–water partition coefficient (Wildman–Crippen LogP) is 1.96. The largest absolute Gasteiger partial charge is 0.393 e. The van der Waals surface area contributed by atoms with Crippen LogP contribution in [0.5, 0.6) is 0 Å². The van der Waals surface area contributed by atoms with Crippen molar-refractivity contribution in [1.29, 1.82) is 0 Å². The van der Waals surface area contributed by atoms with Gasteiger partial charge in [0.25, 0.3) is 0 Å². The van der Waals surface area contributed by atoms with Gasteiger partial charge in [-0.15, -0.1) is 0 Å². The maximum Gasteiger partial charge on any atom is 0.0626 e. The second kappa shape index (κ2) is 3.97. The van der Waals surface area contributed by atoms with E-state index >= 15 is 0 Å². The van der Waals surface area contributed by atoms with Crippen LogP contribution in [-0.4, -0.2) is 23.9 Å². The van der Waals surface area contributed by atoms with E-state index in [0.29, 0.717) is 12.0 Å². The first-order valence-corrected chi connectivity index (χ1v) is 5.61. The van der Waals surface area contributed by atoms with Gasteiger partial charge >= 0.3 is 0 Å². The zero-order chi connectivity index (χ0) is 9.26. The van der Waals surface area contributed by atoms with E-state index in [9.17, 15) is 5.11 Å². The molecule has 0 aromatic heterocycles. The van der Waals surface area contributed by atoms with Crippen molar-refractivity contribution in [3.05, 3.63) is 0 Å². The van der Waals surface area contributed by atoms with E-state index in [2.05, 4.69) is 6.92 Å². The SMILES string of the molecule is CCC1OCCC1C(O)CC1CC1. The lowest BCUT2D eigenvalue weighted by Gasteiger charge is -2.22. The topological polar surface area (TPSA) is 29.5 Å². The van der Waals surface area contributed by atoms with Crippen LogP contribution in [0.15, 0.2) is 0 Å². The molecule has 0 radical (unpaired) electrons. The molecule has 2 aliphatic rings. The van der Waals surface area contributed by atoms with Crippen LogP contribution in [0.3, 0.4) is 0 Å². The minimum Gasteiger partial charge on any atom is -0.393 e. The molecule has 1 aliphatic heterocycles. The Bertz CT molecular complexity index is 165. The Balaban J connectivity index is 1.82. The average Bonchev–Trinajstić information content (AvgIpc) is 2.82. The van der Waals surface area contributed by atoms with E-state index in [1.54, 1.807) is 0 Å². The highest BCUT2D eigenvalue weighted by Gasteiger charge is 2.35. The van der Waals surface area contributed by atoms with Crippen LogP contribution in [0.2, 0.25) is 0 Å². The maximum atomic E-state index is 9.98. The summed E-state index contributed by atoms with van der Waals surface area (Å²) in [6, 6.07) is 0. The quantitative estimate of drug-likeness (QED) is 0.723. The fraction of sp³-hybridized carbons (Fsp3) is 1.00. The van der Waals surface area contributed by atoms with Gasteiger partial charge < -0.3 is 9.84 Å². The minimum atomic E-state index is -0.0973. The highest BCUT2D eigenvalue weighted by Crippen LogP contribution is 2.37. The molecule has 13 heavy (non-hydrogen) atoms. The fourth-order valence-corrected chi connectivity index (χ4v) is 2.40. The number of ether oxygens (including phenoxy) is 1.